The summed E-state index contributed by atoms with van der Waals surface area (Å²) in [5.74, 6) is -0.859. The predicted octanol–water partition coefficient (Wildman–Crippen LogP) is 2.37. The number of amides is 4. The summed E-state index contributed by atoms with van der Waals surface area (Å²) in [4.78, 5) is 37.5. The van der Waals surface area contributed by atoms with Crippen molar-refractivity contribution in [1.82, 2.24) is 5.32 Å². The van der Waals surface area contributed by atoms with Crippen LogP contribution in [-0.2, 0) is 16.0 Å². The number of hydrogen-bond acceptors (Lipinski definition) is 3. The molecule has 1 aromatic rings. The number of hydrogen-bond donors (Lipinski definition) is 1. The van der Waals surface area contributed by atoms with Crippen molar-refractivity contribution in [2.45, 2.75) is 26.2 Å². The highest BCUT2D eigenvalue weighted by atomic mass is 79.9. The van der Waals surface area contributed by atoms with E-state index < -0.39 is 23.3 Å². The molecule has 6 heteroatoms. The predicted molar refractivity (Wildman–Crippen MR) is 76.2 cm³/mol. The van der Waals surface area contributed by atoms with Gasteiger partial charge in [0, 0.05) is 4.47 Å². The molecule has 5 nitrogen and oxygen atoms in total. The van der Waals surface area contributed by atoms with Crippen LogP contribution in [0.25, 0.3) is 0 Å². The molecule has 1 heterocycles. The zero-order valence-electron chi connectivity index (χ0n) is 10.9. The molecule has 0 unspecified atom stereocenters. The third kappa shape index (κ3) is 1.78. The van der Waals surface area contributed by atoms with Gasteiger partial charge in [0.2, 0.25) is 5.91 Å². The molecule has 2 aliphatic rings. The van der Waals surface area contributed by atoms with E-state index in [9.17, 15) is 14.4 Å². The molecule has 0 atom stereocenters. The Morgan fingerprint density at radius 1 is 1.30 bits per heavy atom. The van der Waals surface area contributed by atoms with E-state index in [0.29, 0.717) is 24.9 Å². The van der Waals surface area contributed by atoms with Crippen LogP contribution in [0.3, 0.4) is 0 Å². The van der Waals surface area contributed by atoms with Crippen molar-refractivity contribution >= 4 is 39.5 Å². The van der Waals surface area contributed by atoms with Crippen LogP contribution < -0.4 is 10.2 Å². The molecule has 0 radical (unpaired) electrons. The number of anilines is 1. The van der Waals surface area contributed by atoms with Crippen LogP contribution in [0.1, 0.15) is 25.3 Å². The van der Waals surface area contributed by atoms with Crippen molar-refractivity contribution in [3.8, 4) is 0 Å². The molecule has 1 aliphatic carbocycles. The average Bonchev–Trinajstić information content (AvgIpc) is 3.20. The first-order chi connectivity index (χ1) is 9.49. The van der Waals surface area contributed by atoms with E-state index in [0.717, 1.165) is 14.9 Å². The summed E-state index contributed by atoms with van der Waals surface area (Å²) in [6.45, 7) is 1.95. The maximum Gasteiger partial charge on any atom is 0.335 e. The monoisotopic (exact) mass is 336 g/mol. The van der Waals surface area contributed by atoms with Gasteiger partial charge in [-0.15, -0.1) is 0 Å². The van der Waals surface area contributed by atoms with Crippen molar-refractivity contribution in [2.24, 2.45) is 5.41 Å². The van der Waals surface area contributed by atoms with Crippen molar-refractivity contribution in [3.63, 3.8) is 0 Å². The zero-order valence-corrected chi connectivity index (χ0v) is 12.5. The van der Waals surface area contributed by atoms with Crippen molar-refractivity contribution in [1.29, 1.82) is 0 Å². The SMILES string of the molecule is CCc1cc(Br)ccc1N1C(=O)NC(=O)C2(CC2)C1=O. The van der Waals surface area contributed by atoms with Gasteiger partial charge in [0.15, 0.2) is 0 Å². The standard InChI is InChI=1S/C14H13BrN2O3/c1-2-8-7-9(15)3-4-10(8)17-12(19)14(5-6-14)11(18)16-13(17)20/h3-4,7H,2,5-6H2,1H3,(H,16,18,20). The van der Waals surface area contributed by atoms with Gasteiger partial charge in [-0.05, 0) is 43.0 Å². The van der Waals surface area contributed by atoms with E-state index in [1.165, 1.54) is 0 Å². The first kappa shape index (κ1) is 13.3. The molecule has 1 spiro atoms. The second-order valence-corrected chi connectivity index (χ2v) is 6.02. The molecule has 0 bridgehead atoms. The fourth-order valence-electron chi connectivity index (χ4n) is 2.52. The van der Waals surface area contributed by atoms with Gasteiger partial charge in [-0.25, -0.2) is 9.69 Å². The lowest BCUT2D eigenvalue weighted by atomic mass is 10.00. The number of imide groups is 2. The summed E-state index contributed by atoms with van der Waals surface area (Å²) in [5.41, 5.74) is 0.427. The lowest BCUT2D eigenvalue weighted by Gasteiger charge is -2.31. The van der Waals surface area contributed by atoms with Gasteiger partial charge >= 0.3 is 6.03 Å². The van der Waals surface area contributed by atoms with Crippen molar-refractivity contribution < 1.29 is 14.4 Å². The van der Waals surface area contributed by atoms with E-state index in [-0.39, 0.29) is 0 Å². The molecule has 1 saturated carbocycles. The van der Waals surface area contributed by atoms with Gasteiger partial charge in [0.25, 0.3) is 5.91 Å². The number of urea groups is 1. The number of nitrogens with zero attached hydrogens (tertiary/aromatic N) is 1. The fourth-order valence-corrected chi connectivity index (χ4v) is 2.92. The minimum absolute atomic E-state index is 0.400. The highest BCUT2D eigenvalue weighted by molar-refractivity contribution is 9.10. The summed E-state index contributed by atoms with van der Waals surface area (Å²) < 4.78 is 0.889. The van der Waals surface area contributed by atoms with E-state index >= 15 is 0 Å². The molecule has 20 heavy (non-hydrogen) atoms. The molecular weight excluding hydrogens is 324 g/mol. The van der Waals surface area contributed by atoms with Gasteiger partial charge in [-0.1, -0.05) is 22.9 Å². The number of barbiturate groups is 1. The first-order valence-corrected chi connectivity index (χ1v) is 7.27. The fraction of sp³-hybridized carbons (Fsp3) is 0.357. The van der Waals surface area contributed by atoms with Crippen molar-refractivity contribution in [2.75, 3.05) is 4.90 Å². The van der Waals surface area contributed by atoms with Crippen LogP contribution in [0.5, 0.6) is 0 Å². The molecule has 0 aromatic heterocycles. The number of halogens is 1. The van der Waals surface area contributed by atoms with Gasteiger partial charge in [-0.3, -0.25) is 14.9 Å². The Morgan fingerprint density at radius 2 is 2.00 bits per heavy atom. The zero-order chi connectivity index (χ0) is 14.5. The van der Waals surface area contributed by atoms with Gasteiger partial charge in [0.1, 0.15) is 5.41 Å². The van der Waals surface area contributed by atoms with Crippen molar-refractivity contribution in [3.05, 3.63) is 28.2 Å². The Balaban J connectivity index is 2.07. The molecule has 1 saturated heterocycles. The van der Waals surface area contributed by atoms with E-state index in [1.807, 2.05) is 13.0 Å². The largest absolute Gasteiger partial charge is 0.335 e. The number of carbonyl (C=O) groups is 3. The van der Waals surface area contributed by atoms with Crippen LogP contribution in [0.2, 0.25) is 0 Å². The topological polar surface area (TPSA) is 66.5 Å². The average molecular weight is 337 g/mol. The first-order valence-electron chi connectivity index (χ1n) is 6.48. The van der Waals surface area contributed by atoms with Crippen LogP contribution in [0.4, 0.5) is 10.5 Å². The number of rotatable bonds is 2. The number of benzene rings is 1. The Hall–Kier alpha value is -1.69. The summed E-state index contributed by atoms with van der Waals surface area (Å²) in [6, 6.07) is 4.73. The minimum atomic E-state index is -1.01. The molecule has 104 valence electrons. The van der Waals surface area contributed by atoms with Crippen LogP contribution in [-0.4, -0.2) is 17.8 Å². The normalized spacial score (nSPS) is 20.3. The summed E-state index contributed by atoms with van der Waals surface area (Å²) in [7, 11) is 0. The van der Waals surface area contributed by atoms with Gasteiger partial charge in [-0.2, -0.15) is 0 Å². The second-order valence-electron chi connectivity index (χ2n) is 5.11. The van der Waals surface area contributed by atoms with Crippen LogP contribution >= 0.6 is 15.9 Å². The minimum Gasteiger partial charge on any atom is -0.276 e. The van der Waals surface area contributed by atoms with E-state index in [1.54, 1.807) is 12.1 Å². The molecule has 4 amide bonds. The maximum atomic E-state index is 12.5. The quantitative estimate of drug-likeness (QED) is 0.843. The third-order valence-corrected chi connectivity index (χ3v) is 4.38. The molecular formula is C14H13BrN2O3. The third-order valence-electron chi connectivity index (χ3n) is 3.88. The highest BCUT2D eigenvalue weighted by Gasteiger charge is 2.62. The molecule has 2 fully saturated rings. The summed E-state index contributed by atoms with van der Waals surface area (Å²) in [6.07, 6.45) is 1.71. The number of carbonyl (C=O) groups excluding carboxylic acids is 3. The highest BCUT2D eigenvalue weighted by Crippen LogP contribution is 2.50. The molecule has 1 aromatic carbocycles. The lowest BCUT2D eigenvalue weighted by Crippen LogP contribution is -2.59. The van der Waals surface area contributed by atoms with Gasteiger partial charge < -0.3 is 0 Å². The van der Waals surface area contributed by atoms with Crippen LogP contribution in [0, 0.1) is 5.41 Å². The molecule has 1 N–H and O–H groups in total. The smallest absolute Gasteiger partial charge is 0.276 e. The molecule has 3 rings (SSSR count). The summed E-state index contributed by atoms with van der Waals surface area (Å²) >= 11 is 3.38. The molecule has 1 aliphatic heterocycles. The summed E-state index contributed by atoms with van der Waals surface area (Å²) in [5, 5.41) is 2.29. The number of aryl methyl sites for hydroxylation is 1. The second kappa shape index (κ2) is 4.41. The maximum absolute atomic E-state index is 12.5. The van der Waals surface area contributed by atoms with E-state index in [2.05, 4.69) is 21.2 Å². The van der Waals surface area contributed by atoms with E-state index in [4.69, 9.17) is 0 Å². The Kier molecular flexibility index (Phi) is 2.93. The van der Waals surface area contributed by atoms with Gasteiger partial charge in [0.05, 0.1) is 5.69 Å². The van der Waals surface area contributed by atoms with Crippen LogP contribution in [0.15, 0.2) is 22.7 Å². The number of nitrogens with one attached hydrogen (secondary N) is 1. The lowest BCUT2D eigenvalue weighted by molar-refractivity contribution is -0.136. The Labute approximate surface area is 124 Å². The Bertz CT molecular complexity index is 637. The Morgan fingerprint density at radius 3 is 2.60 bits per heavy atom.